The molecule has 0 unspecified atom stereocenters. The number of nitrogens with one attached hydrogen (secondary N) is 1. The number of aromatic nitrogens is 1. The number of anilines is 1. The van der Waals surface area contributed by atoms with Gasteiger partial charge in [0.05, 0.1) is 34.6 Å². The van der Waals surface area contributed by atoms with E-state index in [1.807, 2.05) is 0 Å². The van der Waals surface area contributed by atoms with Crippen molar-refractivity contribution in [3.63, 3.8) is 0 Å². The normalized spacial score (nSPS) is 15.3. The Morgan fingerprint density at radius 2 is 1.94 bits per heavy atom. The first-order valence-electron chi connectivity index (χ1n) is 9.19. The minimum atomic E-state index is -3.63. The molecule has 1 aliphatic heterocycles. The number of amides is 1. The third-order valence-corrected chi connectivity index (χ3v) is 7.75. The molecule has 1 amide bonds. The van der Waals surface area contributed by atoms with Crippen LogP contribution in [0, 0.1) is 0 Å². The molecule has 1 N–H and O–H groups in total. The van der Waals surface area contributed by atoms with Gasteiger partial charge in [0.1, 0.15) is 5.52 Å². The average Bonchev–Trinajstić information content (AvgIpc) is 3.17. The highest BCUT2D eigenvalue weighted by Gasteiger charge is 2.27. The standard InChI is InChI=1S/C19H17Cl2N3O5S2/c20-12-1-3-15(14(21)9-12)22-18(25)11-30-19-23-16-10-13(2-4-17(16)29-19)31(26,27)24-5-7-28-8-6-24/h1-4,9-10H,5-8,11H2,(H,22,25). The SMILES string of the molecule is O=C(CSc1nc2cc(S(=O)(=O)N3CCOCC3)ccc2o1)Nc1ccc(Cl)cc1Cl. The third-order valence-electron chi connectivity index (χ3n) is 4.48. The van der Waals surface area contributed by atoms with E-state index in [0.29, 0.717) is 53.1 Å². The molecule has 12 heteroatoms. The molecule has 3 aromatic rings. The van der Waals surface area contributed by atoms with Gasteiger partial charge < -0.3 is 14.5 Å². The number of rotatable bonds is 6. The highest BCUT2D eigenvalue weighted by atomic mass is 35.5. The van der Waals surface area contributed by atoms with Crippen LogP contribution in [0.15, 0.2) is 50.9 Å². The van der Waals surface area contributed by atoms with E-state index in [2.05, 4.69) is 10.3 Å². The van der Waals surface area contributed by atoms with Crippen LogP contribution in [-0.4, -0.2) is 55.7 Å². The van der Waals surface area contributed by atoms with E-state index >= 15 is 0 Å². The molecule has 164 valence electrons. The molecule has 0 atom stereocenters. The van der Waals surface area contributed by atoms with E-state index in [1.165, 1.54) is 22.5 Å². The van der Waals surface area contributed by atoms with Gasteiger partial charge in [-0.1, -0.05) is 35.0 Å². The van der Waals surface area contributed by atoms with Crippen LogP contribution in [0.4, 0.5) is 5.69 Å². The molecular weight excluding hydrogens is 485 g/mol. The highest BCUT2D eigenvalue weighted by Crippen LogP contribution is 2.28. The number of carbonyl (C=O) groups is 1. The van der Waals surface area contributed by atoms with Crippen molar-refractivity contribution < 1.29 is 22.4 Å². The lowest BCUT2D eigenvalue weighted by molar-refractivity contribution is -0.113. The summed E-state index contributed by atoms with van der Waals surface area (Å²) in [5.41, 5.74) is 1.29. The van der Waals surface area contributed by atoms with Crippen molar-refractivity contribution in [2.75, 3.05) is 37.4 Å². The fourth-order valence-corrected chi connectivity index (χ4v) is 5.47. The summed E-state index contributed by atoms with van der Waals surface area (Å²) < 4.78 is 37.8. The predicted molar refractivity (Wildman–Crippen MR) is 119 cm³/mol. The summed E-state index contributed by atoms with van der Waals surface area (Å²) in [5, 5.41) is 3.76. The van der Waals surface area contributed by atoms with Crippen LogP contribution in [-0.2, 0) is 19.6 Å². The highest BCUT2D eigenvalue weighted by molar-refractivity contribution is 7.99. The van der Waals surface area contributed by atoms with Crippen LogP contribution in [0.5, 0.6) is 0 Å². The van der Waals surface area contributed by atoms with Crippen molar-refractivity contribution >= 4 is 67.7 Å². The second-order valence-corrected chi connectivity index (χ2v) is 10.3. The lowest BCUT2D eigenvalue weighted by Gasteiger charge is -2.25. The number of carbonyl (C=O) groups excluding carboxylic acids is 1. The Bertz CT molecular complexity index is 1230. The summed E-state index contributed by atoms with van der Waals surface area (Å²) in [5.74, 6) is -0.267. The van der Waals surface area contributed by atoms with Gasteiger partial charge in [-0.15, -0.1) is 0 Å². The van der Waals surface area contributed by atoms with Crippen molar-refractivity contribution in [1.82, 2.24) is 9.29 Å². The maximum atomic E-state index is 12.8. The fourth-order valence-electron chi connectivity index (χ4n) is 2.95. The summed E-state index contributed by atoms with van der Waals surface area (Å²) in [6.07, 6.45) is 0. The number of hydrogen-bond acceptors (Lipinski definition) is 7. The molecule has 0 radical (unpaired) electrons. The minimum Gasteiger partial charge on any atom is -0.431 e. The van der Waals surface area contributed by atoms with Crippen molar-refractivity contribution in [2.45, 2.75) is 10.1 Å². The molecule has 8 nitrogen and oxygen atoms in total. The molecule has 0 spiro atoms. The van der Waals surface area contributed by atoms with Crippen molar-refractivity contribution in [3.8, 4) is 0 Å². The zero-order valence-electron chi connectivity index (χ0n) is 16.0. The Morgan fingerprint density at radius 3 is 2.68 bits per heavy atom. The smallest absolute Gasteiger partial charge is 0.257 e. The lowest BCUT2D eigenvalue weighted by atomic mass is 10.3. The second-order valence-electron chi connectivity index (χ2n) is 6.59. The molecule has 1 aromatic heterocycles. The van der Waals surface area contributed by atoms with Crippen LogP contribution >= 0.6 is 35.0 Å². The quantitative estimate of drug-likeness (QED) is 0.511. The molecule has 1 saturated heterocycles. The van der Waals surface area contributed by atoms with Crippen molar-refractivity contribution in [1.29, 1.82) is 0 Å². The van der Waals surface area contributed by atoms with Gasteiger partial charge in [-0.3, -0.25) is 4.79 Å². The number of benzene rings is 2. The first kappa shape index (κ1) is 22.4. The van der Waals surface area contributed by atoms with Crippen LogP contribution in [0.25, 0.3) is 11.1 Å². The number of oxazole rings is 1. The van der Waals surface area contributed by atoms with E-state index < -0.39 is 10.0 Å². The number of halogens is 2. The van der Waals surface area contributed by atoms with Gasteiger partial charge in [0.15, 0.2) is 5.58 Å². The molecule has 2 aromatic carbocycles. The number of ether oxygens (including phenoxy) is 1. The van der Waals surface area contributed by atoms with Gasteiger partial charge in [-0.2, -0.15) is 4.31 Å². The van der Waals surface area contributed by atoms with Crippen LogP contribution in [0.3, 0.4) is 0 Å². The minimum absolute atomic E-state index is 0.0325. The molecule has 31 heavy (non-hydrogen) atoms. The van der Waals surface area contributed by atoms with Crippen LogP contribution in [0.1, 0.15) is 0 Å². The Balaban J connectivity index is 1.44. The van der Waals surface area contributed by atoms with Gasteiger partial charge in [-0.05, 0) is 36.4 Å². The zero-order valence-corrected chi connectivity index (χ0v) is 19.2. The van der Waals surface area contributed by atoms with Crippen molar-refractivity contribution in [3.05, 3.63) is 46.4 Å². The van der Waals surface area contributed by atoms with E-state index in [0.717, 1.165) is 11.8 Å². The summed E-state index contributed by atoms with van der Waals surface area (Å²) in [6.45, 7) is 1.37. The van der Waals surface area contributed by atoms with E-state index in [1.54, 1.807) is 18.2 Å². The Labute approximate surface area is 192 Å². The second kappa shape index (κ2) is 9.35. The number of nitrogens with zero attached hydrogens (tertiary/aromatic N) is 2. The lowest BCUT2D eigenvalue weighted by Crippen LogP contribution is -2.40. The van der Waals surface area contributed by atoms with Crippen LogP contribution < -0.4 is 5.32 Å². The van der Waals surface area contributed by atoms with Gasteiger partial charge in [-0.25, -0.2) is 13.4 Å². The molecule has 0 aliphatic carbocycles. The molecule has 0 bridgehead atoms. The summed E-state index contributed by atoms with van der Waals surface area (Å²) in [6, 6.07) is 9.30. The summed E-state index contributed by atoms with van der Waals surface area (Å²) in [4.78, 5) is 16.7. The molecule has 1 aliphatic rings. The Hall–Kier alpha value is -1.82. The zero-order chi connectivity index (χ0) is 22.0. The van der Waals surface area contributed by atoms with Crippen LogP contribution in [0.2, 0.25) is 10.0 Å². The fraction of sp³-hybridized carbons (Fsp3) is 0.263. The first-order chi connectivity index (χ1) is 14.8. The Morgan fingerprint density at radius 1 is 1.16 bits per heavy atom. The molecular formula is C19H17Cl2N3O5S2. The van der Waals surface area contributed by atoms with E-state index in [9.17, 15) is 13.2 Å². The molecule has 2 heterocycles. The van der Waals surface area contributed by atoms with E-state index in [4.69, 9.17) is 32.4 Å². The monoisotopic (exact) mass is 501 g/mol. The summed E-state index contributed by atoms with van der Waals surface area (Å²) >= 11 is 13.0. The topological polar surface area (TPSA) is 102 Å². The van der Waals surface area contributed by atoms with Gasteiger partial charge in [0, 0.05) is 18.1 Å². The number of hydrogen-bond donors (Lipinski definition) is 1. The van der Waals surface area contributed by atoms with E-state index in [-0.39, 0.29) is 21.8 Å². The number of thioether (sulfide) groups is 1. The average molecular weight is 502 g/mol. The molecule has 0 saturated carbocycles. The van der Waals surface area contributed by atoms with Crippen molar-refractivity contribution in [2.24, 2.45) is 0 Å². The predicted octanol–water partition coefficient (Wildman–Crippen LogP) is 3.89. The number of sulfonamides is 1. The maximum absolute atomic E-state index is 12.8. The third kappa shape index (κ3) is 5.16. The molecule has 4 rings (SSSR count). The summed E-state index contributed by atoms with van der Waals surface area (Å²) in [7, 11) is -3.63. The molecule has 1 fully saturated rings. The number of morpholine rings is 1. The largest absolute Gasteiger partial charge is 0.431 e. The number of fused-ring (bicyclic) bond motifs is 1. The first-order valence-corrected chi connectivity index (χ1v) is 12.4. The Kier molecular flexibility index (Phi) is 6.75. The maximum Gasteiger partial charge on any atom is 0.257 e. The van der Waals surface area contributed by atoms with Gasteiger partial charge >= 0.3 is 0 Å². The van der Waals surface area contributed by atoms with Gasteiger partial charge in [0.2, 0.25) is 15.9 Å². The van der Waals surface area contributed by atoms with Gasteiger partial charge in [0.25, 0.3) is 5.22 Å².